The highest BCUT2D eigenvalue weighted by Crippen LogP contribution is 2.25. The van der Waals surface area contributed by atoms with Gasteiger partial charge in [-0.05, 0) is 53.3 Å². The molecule has 0 atom stereocenters. The second-order valence-corrected chi connectivity index (χ2v) is 4.68. The molecule has 0 spiro atoms. The van der Waals surface area contributed by atoms with Gasteiger partial charge >= 0.3 is 0 Å². The van der Waals surface area contributed by atoms with Crippen molar-refractivity contribution in [2.75, 3.05) is 0 Å². The molecule has 0 saturated carbocycles. The van der Waals surface area contributed by atoms with Crippen LogP contribution in [0.5, 0.6) is 0 Å². The van der Waals surface area contributed by atoms with Crippen LogP contribution in [0.2, 0.25) is 0 Å². The van der Waals surface area contributed by atoms with Gasteiger partial charge in [0.25, 0.3) is 0 Å². The maximum Gasteiger partial charge on any atom is 0.0671 e. The molecule has 0 heterocycles. The van der Waals surface area contributed by atoms with Crippen LogP contribution in [0, 0.1) is 0 Å². The third-order valence-corrected chi connectivity index (χ3v) is 3.60. The first-order valence-electron chi connectivity index (χ1n) is 6.76. The molecule has 2 nitrogen and oxygen atoms in total. The van der Waals surface area contributed by atoms with Gasteiger partial charge in [0.2, 0.25) is 0 Å². The molecule has 98 valence electrons. The van der Waals surface area contributed by atoms with E-state index >= 15 is 0 Å². The molecule has 0 aliphatic rings. The van der Waals surface area contributed by atoms with Crippen molar-refractivity contribution in [3.8, 4) is 0 Å². The number of benzene rings is 2. The van der Waals surface area contributed by atoms with Crippen LogP contribution in [0.3, 0.4) is 0 Å². The lowest BCUT2D eigenvalue weighted by molar-refractivity contribution is 1.13. The second kappa shape index (κ2) is 5.79. The van der Waals surface area contributed by atoms with E-state index in [-0.39, 0.29) is 0 Å². The molecule has 0 saturated heterocycles. The molecule has 0 unspecified atom stereocenters. The number of rotatable bonds is 4. The average molecular weight is 252 g/mol. The largest absolute Gasteiger partial charge is 0.167 e. The Kier molecular flexibility index (Phi) is 4.10. The van der Waals surface area contributed by atoms with Gasteiger partial charge in [0.15, 0.2) is 0 Å². The summed E-state index contributed by atoms with van der Waals surface area (Å²) in [6.07, 6.45) is 2.10. The van der Waals surface area contributed by atoms with Gasteiger partial charge in [0, 0.05) is 6.72 Å². The van der Waals surface area contributed by atoms with Crippen LogP contribution in [0.15, 0.2) is 40.5 Å². The third-order valence-electron chi connectivity index (χ3n) is 3.60. The van der Waals surface area contributed by atoms with Gasteiger partial charge in [-0.2, -0.15) is 10.2 Å². The van der Waals surface area contributed by atoms with Gasteiger partial charge in [-0.25, -0.2) is 0 Å². The summed E-state index contributed by atoms with van der Waals surface area (Å²) >= 11 is 0. The topological polar surface area (TPSA) is 24.7 Å². The molecule has 0 N–H and O–H groups in total. The molecule has 2 aromatic rings. The van der Waals surface area contributed by atoms with E-state index in [2.05, 4.69) is 61.1 Å². The fourth-order valence-electron chi connectivity index (χ4n) is 2.48. The monoisotopic (exact) mass is 252 g/mol. The lowest BCUT2D eigenvalue weighted by Crippen LogP contribution is -1.96. The zero-order chi connectivity index (χ0) is 13.8. The van der Waals surface area contributed by atoms with Crippen LogP contribution in [0.1, 0.15) is 37.5 Å². The minimum Gasteiger partial charge on any atom is -0.167 e. The summed E-state index contributed by atoms with van der Waals surface area (Å²) in [6.45, 7) is 9.77. The summed E-state index contributed by atoms with van der Waals surface area (Å²) in [4.78, 5) is 0. The van der Waals surface area contributed by atoms with Gasteiger partial charge in [-0.3, -0.25) is 0 Å². The third kappa shape index (κ3) is 2.58. The molecule has 0 aromatic heterocycles. The number of aryl methyl sites for hydroxylation is 2. The van der Waals surface area contributed by atoms with Crippen LogP contribution in [0.4, 0.5) is 0 Å². The molecule has 0 radical (unpaired) electrons. The molecule has 19 heavy (non-hydrogen) atoms. The number of nitrogens with zero attached hydrogens (tertiary/aromatic N) is 2. The van der Waals surface area contributed by atoms with E-state index in [4.69, 9.17) is 0 Å². The highest BCUT2D eigenvalue weighted by Gasteiger charge is 2.06. The molecule has 2 aromatic carbocycles. The summed E-state index contributed by atoms with van der Waals surface area (Å²) in [6, 6.07) is 11.0. The minimum absolute atomic E-state index is 0.904. The fourth-order valence-corrected chi connectivity index (χ4v) is 2.48. The summed E-state index contributed by atoms with van der Waals surface area (Å²) in [5, 5.41) is 10.3. The zero-order valence-corrected chi connectivity index (χ0v) is 11.9. The standard InChI is InChI=1S/C17H20N2/c1-5-13-7-8-14(6-2)17-11-15(9-10-16(13)17)12(3)19-18-4/h7-11H,4-6H2,1-3H3/b19-12+. The van der Waals surface area contributed by atoms with Crippen molar-refractivity contribution in [1.29, 1.82) is 0 Å². The van der Waals surface area contributed by atoms with Gasteiger partial charge in [0.1, 0.15) is 0 Å². The Labute approximate surface area is 114 Å². The maximum absolute atomic E-state index is 4.03. The summed E-state index contributed by atoms with van der Waals surface area (Å²) < 4.78 is 0. The average Bonchev–Trinajstić information content (AvgIpc) is 2.45. The Balaban J connectivity index is 2.70. The zero-order valence-electron chi connectivity index (χ0n) is 11.9. The Hall–Kier alpha value is -1.96. The predicted octanol–water partition coefficient (Wildman–Crippen LogP) is 4.39. The number of hydrogen-bond donors (Lipinski definition) is 0. The number of hydrogen-bond acceptors (Lipinski definition) is 2. The predicted molar refractivity (Wildman–Crippen MR) is 84.5 cm³/mol. The van der Waals surface area contributed by atoms with Crippen molar-refractivity contribution in [1.82, 2.24) is 0 Å². The Bertz CT molecular complexity index is 639. The van der Waals surface area contributed by atoms with Crippen molar-refractivity contribution in [2.45, 2.75) is 33.6 Å². The summed E-state index contributed by atoms with van der Waals surface area (Å²) in [5.41, 5.74) is 4.80. The van der Waals surface area contributed by atoms with Crippen molar-refractivity contribution in [3.63, 3.8) is 0 Å². The lowest BCUT2D eigenvalue weighted by Gasteiger charge is -2.11. The molecule has 0 aliphatic carbocycles. The van der Waals surface area contributed by atoms with E-state index in [1.54, 1.807) is 0 Å². The number of fused-ring (bicyclic) bond motifs is 1. The van der Waals surface area contributed by atoms with Crippen LogP contribution in [-0.4, -0.2) is 12.4 Å². The van der Waals surface area contributed by atoms with E-state index < -0.39 is 0 Å². The van der Waals surface area contributed by atoms with E-state index in [1.807, 2.05) is 6.92 Å². The lowest BCUT2D eigenvalue weighted by atomic mass is 9.94. The second-order valence-electron chi connectivity index (χ2n) is 4.68. The summed E-state index contributed by atoms with van der Waals surface area (Å²) in [7, 11) is 0. The van der Waals surface area contributed by atoms with E-state index in [0.717, 1.165) is 24.1 Å². The van der Waals surface area contributed by atoms with Gasteiger partial charge in [0.05, 0.1) is 5.71 Å². The van der Waals surface area contributed by atoms with E-state index in [9.17, 15) is 0 Å². The fraction of sp³-hybridized carbons (Fsp3) is 0.294. The Morgan fingerprint density at radius 3 is 2.21 bits per heavy atom. The van der Waals surface area contributed by atoms with Crippen LogP contribution < -0.4 is 0 Å². The first kappa shape index (κ1) is 13.5. The maximum atomic E-state index is 4.03. The van der Waals surface area contributed by atoms with Crippen molar-refractivity contribution < 1.29 is 0 Å². The van der Waals surface area contributed by atoms with E-state index in [1.165, 1.54) is 21.9 Å². The molecule has 0 fully saturated rings. The SMILES string of the molecule is C=N/N=C(\C)c1ccc2c(CC)ccc(CC)c2c1. The van der Waals surface area contributed by atoms with Crippen molar-refractivity contribution in [3.05, 3.63) is 47.0 Å². The van der Waals surface area contributed by atoms with Crippen LogP contribution >= 0.6 is 0 Å². The highest BCUT2D eigenvalue weighted by atomic mass is 15.2. The molecule has 2 rings (SSSR count). The minimum atomic E-state index is 0.904. The van der Waals surface area contributed by atoms with Crippen LogP contribution in [-0.2, 0) is 12.8 Å². The normalized spacial score (nSPS) is 11.8. The molecular formula is C17H20N2. The Morgan fingerprint density at radius 1 is 1.00 bits per heavy atom. The summed E-state index contributed by atoms with van der Waals surface area (Å²) in [5.74, 6) is 0. The van der Waals surface area contributed by atoms with E-state index in [0.29, 0.717) is 0 Å². The van der Waals surface area contributed by atoms with Crippen LogP contribution in [0.25, 0.3) is 10.8 Å². The quantitative estimate of drug-likeness (QED) is 0.569. The molecular weight excluding hydrogens is 232 g/mol. The highest BCUT2D eigenvalue weighted by molar-refractivity contribution is 6.03. The smallest absolute Gasteiger partial charge is 0.0671 e. The molecule has 2 heteroatoms. The van der Waals surface area contributed by atoms with Gasteiger partial charge in [-0.15, -0.1) is 0 Å². The molecule has 0 aliphatic heterocycles. The van der Waals surface area contributed by atoms with Crippen molar-refractivity contribution >= 4 is 23.2 Å². The van der Waals surface area contributed by atoms with Gasteiger partial charge < -0.3 is 0 Å². The first-order valence-corrected chi connectivity index (χ1v) is 6.76. The molecule has 0 amide bonds. The Morgan fingerprint density at radius 2 is 1.63 bits per heavy atom. The van der Waals surface area contributed by atoms with Crippen molar-refractivity contribution in [2.24, 2.45) is 10.2 Å². The molecule has 0 bridgehead atoms. The first-order chi connectivity index (χ1) is 9.21. The van der Waals surface area contributed by atoms with Gasteiger partial charge in [-0.1, -0.05) is 38.1 Å².